The predicted molar refractivity (Wildman–Crippen MR) is 58.4 cm³/mol. The number of fused-ring (bicyclic) bond motifs is 1. The molecule has 0 aliphatic heterocycles. The zero-order valence-corrected chi connectivity index (χ0v) is 8.83. The van der Waals surface area contributed by atoms with E-state index in [0.717, 1.165) is 28.8 Å². The molecule has 0 saturated heterocycles. The highest BCUT2D eigenvalue weighted by atomic mass is 14.8. The maximum Gasteiger partial charge on any atom is 0.0919 e. The van der Waals surface area contributed by atoms with Gasteiger partial charge in [0.05, 0.1) is 22.4 Å². The molecule has 14 heavy (non-hydrogen) atoms. The van der Waals surface area contributed by atoms with Crippen molar-refractivity contribution in [2.24, 2.45) is 0 Å². The summed E-state index contributed by atoms with van der Waals surface area (Å²) in [5, 5.41) is 0. The average Bonchev–Trinajstić information content (AvgIpc) is 2.17. The van der Waals surface area contributed by atoms with Gasteiger partial charge in [0.15, 0.2) is 0 Å². The molecule has 72 valence electrons. The van der Waals surface area contributed by atoms with Gasteiger partial charge in [-0.3, -0.25) is 0 Å². The second kappa shape index (κ2) is 3.37. The predicted octanol–water partition coefficient (Wildman–Crippen LogP) is 2.81. The molecule has 2 rings (SSSR count). The van der Waals surface area contributed by atoms with Crippen LogP contribution in [0.1, 0.15) is 23.9 Å². The van der Waals surface area contributed by atoms with Crippen molar-refractivity contribution in [3.8, 4) is 0 Å². The normalized spacial score (nSPS) is 10.8. The van der Waals surface area contributed by atoms with Gasteiger partial charge in [-0.1, -0.05) is 19.1 Å². The van der Waals surface area contributed by atoms with Gasteiger partial charge in [0.1, 0.15) is 0 Å². The summed E-state index contributed by atoms with van der Waals surface area (Å²) in [6, 6.07) is 6.12. The Bertz CT molecular complexity index is 475. The molecule has 2 nitrogen and oxygen atoms in total. The second-order valence-electron chi connectivity index (χ2n) is 3.55. The second-order valence-corrected chi connectivity index (χ2v) is 3.55. The molecule has 0 bridgehead atoms. The Morgan fingerprint density at radius 2 is 1.93 bits per heavy atom. The van der Waals surface area contributed by atoms with Crippen LogP contribution in [0.5, 0.6) is 0 Å². The molecule has 0 saturated carbocycles. The van der Waals surface area contributed by atoms with Crippen molar-refractivity contribution in [1.29, 1.82) is 0 Å². The quantitative estimate of drug-likeness (QED) is 0.684. The van der Waals surface area contributed by atoms with Crippen LogP contribution in [0.15, 0.2) is 18.2 Å². The Balaban J connectivity index is 2.80. The Morgan fingerprint density at radius 3 is 2.64 bits per heavy atom. The van der Waals surface area contributed by atoms with E-state index in [9.17, 15) is 0 Å². The molecule has 2 heteroatoms. The van der Waals surface area contributed by atoms with Crippen molar-refractivity contribution < 1.29 is 0 Å². The number of nitrogens with zero attached hydrogens (tertiary/aromatic N) is 2. The van der Waals surface area contributed by atoms with Gasteiger partial charge >= 0.3 is 0 Å². The summed E-state index contributed by atoms with van der Waals surface area (Å²) >= 11 is 0. The monoisotopic (exact) mass is 186 g/mol. The third-order valence-electron chi connectivity index (χ3n) is 2.50. The van der Waals surface area contributed by atoms with Crippen LogP contribution >= 0.6 is 0 Å². The molecule has 0 fully saturated rings. The topological polar surface area (TPSA) is 25.8 Å². The van der Waals surface area contributed by atoms with Crippen LogP contribution in [0.3, 0.4) is 0 Å². The summed E-state index contributed by atoms with van der Waals surface area (Å²) < 4.78 is 0. The molecule has 0 N–H and O–H groups in total. The summed E-state index contributed by atoms with van der Waals surface area (Å²) in [5.74, 6) is 0. The molecule has 1 aromatic carbocycles. The Labute approximate surface area is 84.0 Å². The molecule has 0 atom stereocenters. The zero-order valence-electron chi connectivity index (χ0n) is 8.83. The number of hydrogen-bond donors (Lipinski definition) is 0. The summed E-state index contributed by atoms with van der Waals surface area (Å²) in [4.78, 5) is 9.18. The first-order chi connectivity index (χ1) is 6.72. The van der Waals surface area contributed by atoms with E-state index in [-0.39, 0.29) is 0 Å². The third kappa shape index (κ3) is 1.37. The lowest BCUT2D eigenvalue weighted by molar-refractivity contribution is 0.987. The number of hydrogen-bond acceptors (Lipinski definition) is 2. The summed E-state index contributed by atoms with van der Waals surface area (Å²) in [5.41, 5.74) is 5.39. The van der Waals surface area contributed by atoms with E-state index in [1.807, 2.05) is 19.1 Å². The largest absolute Gasteiger partial charge is 0.250 e. The van der Waals surface area contributed by atoms with E-state index >= 15 is 0 Å². The average molecular weight is 186 g/mol. The first-order valence-electron chi connectivity index (χ1n) is 4.95. The van der Waals surface area contributed by atoms with Crippen LogP contribution in [0.25, 0.3) is 11.0 Å². The van der Waals surface area contributed by atoms with E-state index < -0.39 is 0 Å². The molecule has 0 aliphatic carbocycles. The van der Waals surface area contributed by atoms with Gasteiger partial charge in [0.25, 0.3) is 0 Å². The van der Waals surface area contributed by atoms with Crippen molar-refractivity contribution in [2.75, 3.05) is 0 Å². The molecular formula is C12H14N2. The minimum absolute atomic E-state index is 0.948. The van der Waals surface area contributed by atoms with E-state index in [2.05, 4.69) is 29.9 Å². The van der Waals surface area contributed by atoms with Gasteiger partial charge in [-0.25, -0.2) is 9.97 Å². The number of benzene rings is 1. The van der Waals surface area contributed by atoms with Crippen molar-refractivity contribution >= 4 is 11.0 Å². The van der Waals surface area contributed by atoms with Crippen molar-refractivity contribution in [3.63, 3.8) is 0 Å². The van der Waals surface area contributed by atoms with Crippen LogP contribution in [0.4, 0.5) is 0 Å². The third-order valence-corrected chi connectivity index (χ3v) is 2.50. The smallest absolute Gasteiger partial charge is 0.0919 e. The van der Waals surface area contributed by atoms with Crippen LogP contribution in [-0.4, -0.2) is 9.97 Å². The molecule has 0 unspecified atom stereocenters. The highest BCUT2D eigenvalue weighted by molar-refractivity contribution is 5.77. The van der Waals surface area contributed by atoms with Crippen LogP contribution in [-0.2, 0) is 6.42 Å². The first-order valence-corrected chi connectivity index (χ1v) is 4.95. The summed E-state index contributed by atoms with van der Waals surface area (Å²) in [6.07, 6.45) is 0.948. The van der Waals surface area contributed by atoms with E-state index in [0.29, 0.717) is 0 Å². The summed E-state index contributed by atoms with van der Waals surface area (Å²) in [7, 11) is 0. The Kier molecular flexibility index (Phi) is 2.20. The van der Waals surface area contributed by atoms with Gasteiger partial charge in [-0.05, 0) is 31.9 Å². The lowest BCUT2D eigenvalue weighted by atomic mass is 10.1. The number of aryl methyl sites for hydroxylation is 3. The molecule has 1 heterocycles. The lowest BCUT2D eigenvalue weighted by Gasteiger charge is -2.05. The Hall–Kier alpha value is -1.44. The highest BCUT2D eigenvalue weighted by Gasteiger charge is 2.04. The molecule has 0 aliphatic rings. The van der Waals surface area contributed by atoms with Crippen LogP contribution in [0, 0.1) is 13.8 Å². The number of rotatable bonds is 1. The van der Waals surface area contributed by atoms with E-state index in [1.54, 1.807) is 0 Å². The van der Waals surface area contributed by atoms with Crippen molar-refractivity contribution in [2.45, 2.75) is 27.2 Å². The molecule has 0 radical (unpaired) electrons. The maximum atomic E-state index is 4.63. The van der Waals surface area contributed by atoms with Gasteiger partial charge < -0.3 is 0 Å². The molecule has 0 amide bonds. The minimum Gasteiger partial charge on any atom is -0.250 e. The summed E-state index contributed by atoms with van der Waals surface area (Å²) in [6.45, 7) is 6.21. The van der Waals surface area contributed by atoms with Crippen LogP contribution in [0.2, 0.25) is 0 Å². The molecule has 2 aromatic rings. The lowest BCUT2D eigenvalue weighted by Crippen LogP contribution is -1.97. The number of aromatic nitrogens is 2. The van der Waals surface area contributed by atoms with Gasteiger partial charge in [0, 0.05) is 0 Å². The number of para-hydroxylation sites is 1. The van der Waals surface area contributed by atoms with E-state index in [4.69, 9.17) is 0 Å². The molecule has 0 spiro atoms. The fourth-order valence-electron chi connectivity index (χ4n) is 1.68. The maximum absolute atomic E-state index is 4.63. The fourth-order valence-corrected chi connectivity index (χ4v) is 1.68. The Morgan fingerprint density at radius 1 is 1.14 bits per heavy atom. The van der Waals surface area contributed by atoms with Gasteiger partial charge in [0.2, 0.25) is 0 Å². The minimum atomic E-state index is 0.948. The van der Waals surface area contributed by atoms with E-state index in [1.165, 1.54) is 5.56 Å². The van der Waals surface area contributed by atoms with Crippen LogP contribution < -0.4 is 0 Å². The zero-order chi connectivity index (χ0) is 10.1. The van der Waals surface area contributed by atoms with Crippen molar-refractivity contribution in [1.82, 2.24) is 9.97 Å². The standard InChI is InChI=1S/C12H14N2/c1-4-10-9(3)13-11-7-5-6-8(2)12(11)14-10/h5-7H,4H2,1-3H3. The molecular weight excluding hydrogens is 172 g/mol. The SMILES string of the molecule is CCc1nc2c(C)cccc2nc1C. The van der Waals surface area contributed by atoms with Crippen molar-refractivity contribution in [3.05, 3.63) is 35.2 Å². The highest BCUT2D eigenvalue weighted by Crippen LogP contribution is 2.16. The fraction of sp³-hybridized carbons (Fsp3) is 0.333. The molecule has 1 aromatic heterocycles. The van der Waals surface area contributed by atoms with Gasteiger partial charge in [-0.2, -0.15) is 0 Å². The van der Waals surface area contributed by atoms with Gasteiger partial charge in [-0.15, -0.1) is 0 Å². The first kappa shape index (κ1) is 9.13.